The van der Waals surface area contributed by atoms with Crippen molar-refractivity contribution < 1.29 is 14.3 Å². The second-order valence-corrected chi connectivity index (χ2v) is 6.61. The monoisotopic (exact) mass is 354 g/mol. The summed E-state index contributed by atoms with van der Waals surface area (Å²) >= 11 is 0. The number of para-hydroxylation sites is 1. The van der Waals surface area contributed by atoms with Gasteiger partial charge in [-0.15, -0.1) is 0 Å². The number of hydrogen-bond acceptors (Lipinski definition) is 4. The number of carbonyl (C=O) groups is 1. The first-order chi connectivity index (χ1) is 12.8. The van der Waals surface area contributed by atoms with E-state index in [1.807, 2.05) is 30.3 Å². The van der Waals surface area contributed by atoms with Crippen LogP contribution < -0.4 is 14.8 Å². The molecule has 0 saturated heterocycles. The highest BCUT2D eigenvalue weighted by Gasteiger charge is 2.20. The third-order valence-electron chi connectivity index (χ3n) is 4.70. The lowest BCUT2D eigenvalue weighted by Crippen LogP contribution is -2.27. The van der Waals surface area contributed by atoms with Crippen molar-refractivity contribution in [2.45, 2.75) is 44.6 Å². The number of aromatic nitrogens is 1. The lowest BCUT2D eigenvalue weighted by atomic mass is 10.1. The van der Waals surface area contributed by atoms with Crippen molar-refractivity contribution in [3.8, 4) is 11.5 Å². The molecule has 5 nitrogen and oxygen atoms in total. The molecular formula is C21H26N2O3. The van der Waals surface area contributed by atoms with Gasteiger partial charge in [-0.1, -0.05) is 12.1 Å². The van der Waals surface area contributed by atoms with Crippen LogP contribution in [0.25, 0.3) is 0 Å². The summed E-state index contributed by atoms with van der Waals surface area (Å²) in [6.45, 7) is 0.568. The Labute approximate surface area is 154 Å². The van der Waals surface area contributed by atoms with Gasteiger partial charge in [0, 0.05) is 18.9 Å². The van der Waals surface area contributed by atoms with Crippen LogP contribution in [0, 0.1) is 0 Å². The lowest BCUT2D eigenvalue weighted by Gasteiger charge is -2.19. The second kappa shape index (κ2) is 9.22. The zero-order valence-corrected chi connectivity index (χ0v) is 15.2. The summed E-state index contributed by atoms with van der Waals surface area (Å²) in [7, 11) is 1.66. The summed E-state index contributed by atoms with van der Waals surface area (Å²) in [5.74, 6) is 1.60. The highest BCUT2D eigenvalue weighted by molar-refractivity contribution is 5.78. The Kier molecular flexibility index (Phi) is 6.47. The van der Waals surface area contributed by atoms with E-state index in [-0.39, 0.29) is 12.0 Å². The first kappa shape index (κ1) is 18.2. The van der Waals surface area contributed by atoms with Crippen LogP contribution in [0.2, 0.25) is 0 Å². The average Bonchev–Trinajstić information content (AvgIpc) is 3.17. The molecular weight excluding hydrogens is 328 g/mol. The van der Waals surface area contributed by atoms with Crippen molar-refractivity contribution in [1.82, 2.24) is 10.3 Å². The topological polar surface area (TPSA) is 60.5 Å². The van der Waals surface area contributed by atoms with Gasteiger partial charge < -0.3 is 14.8 Å². The second-order valence-electron chi connectivity index (χ2n) is 6.61. The Morgan fingerprint density at radius 1 is 1.19 bits per heavy atom. The molecule has 1 saturated carbocycles. The van der Waals surface area contributed by atoms with Gasteiger partial charge in [0.2, 0.25) is 5.91 Å². The first-order valence-corrected chi connectivity index (χ1v) is 9.24. The average molecular weight is 354 g/mol. The number of nitrogens with one attached hydrogen (secondary N) is 1. The molecule has 1 aromatic heterocycles. The Balaban J connectivity index is 1.57. The molecule has 3 rings (SSSR count). The maximum atomic E-state index is 12.1. The molecule has 26 heavy (non-hydrogen) atoms. The molecule has 1 amide bonds. The maximum Gasteiger partial charge on any atom is 0.224 e. The van der Waals surface area contributed by atoms with Crippen molar-refractivity contribution in [2.24, 2.45) is 0 Å². The largest absolute Gasteiger partial charge is 0.493 e. The summed E-state index contributed by atoms with van der Waals surface area (Å²) in [6.07, 6.45) is 9.39. The Bertz CT molecular complexity index is 712. The maximum absolute atomic E-state index is 12.1. The summed E-state index contributed by atoms with van der Waals surface area (Å²) in [6, 6.07) is 9.65. The normalized spacial score (nSPS) is 14.2. The van der Waals surface area contributed by atoms with Gasteiger partial charge in [0.15, 0.2) is 11.5 Å². The molecule has 1 fully saturated rings. The minimum absolute atomic E-state index is 0.0114. The predicted molar refractivity (Wildman–Crippen MR) is 101 cm³/mol. The number of pyridine rings is 1. The standard InChI is InChI=1S/C21H26N2O3/c1-25-19-8-4-5-17(21(19)26-18-6-2-3-7-18)11-14-23-20(24)15-16-9-12-22-13-10-16/h4-5,8-10,12-13,18H,2-3,6-7,11,14-15H2,1H3,(H,23,24). The molecule has 5 heteroatoms. The van der Waals surface area contributed by atoms with E-state index in [9.17, 15) is 4.79 Å². The molecule has 0 bridgehead atoms. The van der Waals surface area contributed by atoms with Crippen molar-refractivity contribution >= 4 is 5.91 Å². The predicted octanol–water partition coefficient (Wildman–Crippen LogP) is 3.31. The molecule has 138 valence electrons. The highest BCUT2D eigenvalue weighted by Crippen LogP contribution is 2.35. The first-order valence-electron chi connectivity index (χ1n) is 9.24. The van der Waals surface area contributed by atoms with Gasteiger partial charge in [0.1, 0.15) is 0 Å². The van der Waals surface area contributed by atoms with E-state index in [2.05, 4.69) is 10.3 Å². The smallest absolute Gasteiger partial charge is 0.224 e. The van der Waals surface area contributed by atoms with Gasteiger partial charge in [0.25, 0.3) is 0 Å². The minimum atomic E-state index is 0.0114. The Hall–Kier alpha value is -2.56. The minimum Gasteiger partial charge on any atom is -0.493 e. The SMILES string of the molecule is COc1cccc(CCNC(=O)Cc2ccncc2)c1OC1CCCC1. The van der Waals surface area contributed by atoms with Gasteiger partial charge in [-0.3, -0.25) is 9.78 Å². The van der Waals surface area contributed by atoms with E-state index in [1.54, 1.807) is 19.5 Å². The van der Waals surface area contributed by atoms with Crippen molar-refractivity contribution in [3.63, 3.8) is 0 Å². The molecule has 1 heterocycles. The molecule has 0 atom stereocenters. The Morgan fingerprint density at radius 2 is 1.96 bits per heavy atom. The van der Waals surface area contributed by atoms with Gasteiger partial charge in [-0.05, 0) is 61.4 Å². The van der Waals surface area contributed by atoms with E-state index in [0.29, 0.717) is 19.4 Å². The lowest BCUT2D eigenvalue weighted by molar-refractivity contribution is -0.120. The zero-order valence-electron chi connectivity index (χ0n) is 15.2. The van der Waals surface area contributed by atoms with E-state index in [1.165, 1.54) is 12.8 Å². The van der Waals surface area contributed by atoms with Crippen molar-refractivity contribution in [2.75, 3.05) is 13.7 Å². The van der Waals surface area contributed by atoms with Crippen LogP contribution in [0.4, 0.5) is 0 Å². The molecule has 1 aliphatic rings. The van der Waals surface area contributed by atoms with Gasteiger partial charge >= 0.3 is 0 Å². The van der Waals surface area contributed by atoms with Crippen LogP contribution in [0.15, 0.2) is 42.7 Å². The molecule has 1 aliphatic carbocycles. The number of carbonyl (C=O) groups excluding carboxylic acids is 1. The fraction of sp³-hybridized carbons (Fsp3) is 0.429. The van der Waals surface area contributed by atoms with Crippen LogP contribution in [0.3, 0.4) is 0 Å². The number of amides is 1. The van der Waals surface area contributed by atoms with Crippen LogP contribution in [0.1, 0.15) is 36.8 Å². The summed E-state index contributed by atoms with van der Waals surface area (Å²) < 4.78 is 11.7. The van der Waals surface area contributed by atoms with Gasteiger partial charge in [0.05, 0.1) is 19.6 Å². The van der Waals surface area contributed by atoms with Crippen molar-refractivity contribution in [3.05, 3.63) is 53.9 Å². The van der Waals surface area contributed by atoms with E-state index in [0.717, 1.165) is 35.5 Å². The molecule has 0 aliphatic heterocycles. The fourth-order valence-corrected chi connectivity index (χ4v) is 3.31. The fourth-order valence-electron chi connectivity index (χ4n) is 3.31. The van der Waals surface area contributed by atoms with Crippen LogP contribution in [-0.2, 0) is 17.6 Å². The molecule has 0 radical (unpaired) electrons. The number of methoxy groups -OCH3 is 1. The van der Waals surface area contributed by atoms with E-state index >= 15 is 0 Å². The highest BCUT2D eigenvalue weighted by atomic mass is 16.5. The quantitative estimate of drug-likeness (QED) is 0.790. The number of hydrogen-bond donors (Lipinski definition) is 1. The van der Waals surface area contributed by atoms with Crippen LogP contribution in [-0.4, -0.2) is 30.6 Å². The zero-order chi connectivity index (χ0) is 18.2. The van der Waals surface area contributed by atoms with Crippen molar-refractivity contribution in [1.29, 1.82) is 0 Å². The number of benzene rings is 1. The van der Waals surface area contributed by atoms with Crippen LogP contribution >= 0.6 is 0 Å². The summed E-state index contributed by atoms with van der Waals surface area (Å²) in [5, 5.41) is 2.98. The molecule has 0 unspecified atom stereocenters. The van der Waals surface area contributed by atoms with Gasteiger partial charge in [-0.2, -0.15) is 0 Å². The Morgan fingerprint density at radius 3 is 2.69 bits per heavy atom. The number of ether oxygens (including phenoxy) is 2. The molecule has 1 aromatic carbocycles. The third kappa shape index (κ3) is 4.97. The van der Waals surface area contributed by atoms with E-state index in [4.69, 9.17) is 9.47 Å². The third-order valence-corrected chi connectivity index (χ3v) is 4.70. The molecule has 1 N–H and O–H groups in total. The van der Waals surface area contributed by atoms with Gasteiger partial charge in [-0.25, -0.2) is 0 Å². The summed E-state index contributed by atoms with van der Waals surface area (Å²) in [4.78, 5) is 16.1. The van der Waals surface area contributed by atoms with Crippen LogP contribution in [0.5, 0.6) is 11.5 Å². The molecule has 2 aromatic rings. The van der Waals surface area contributed by atoms with E-state index < -0.39 is 0 Å². The molecule has 0 spiro atoms. The number of rotatable bonds is 8. The summed E-state index contributed by atoms with van der Waals surface area (Å²) in [5.41, 5.74) is 2.03. The number of nitrogens with zero attached hydrogens (tertiary/aromatic N) is 1.